The molecule has 5 nitrogen and oxygen atoms in total. The number of fused-ring (bicyclic) bond motifs is 1. The van der Waals surface area contributed by atoms with E-state index in [0.29, 0.717) is 6.04 Å². The number of likely N-dealkylation sites (N-methyl/N-ethyl adjacent to an activating group) is 1. The standard InChI is InChI=1S/C18H27N3O2/c1-18(2,3)23-17(22)21-11-15(12-21)19-10-13-5-6-16-14(9-13)7-8-20(16)4/h5-6,9,15,19H,7-8,10-12H2,1-4H3. The maximum atomic E-state index is 11.9. The number of benzene rings is 1. The van der Waals surface area contributed by atoms with Gasteiger partial charge in [-0.2, -0.15) is 0 Å². The van der Waals surface area contributed by atoms with Gasteiger partial charge in [0.05, 0.1) is 0 Å². The normalized spacial score (nSPS) is 17.9. The van der Waals surface area contributed by atoms with Crippen LogP contribution in [-0.4, -0.2) is 49.3 Å². The van der Waals surface area contributed by atoms with Crippen LogP contribution in [0.5, 0.6) is 0 Å². The van der Waals surface area contributed by atoms with Crippen molar-refractivity contribution in [1.82, 2.24) is 10.2 Å². The van der Waals surface area contributed by atoms with Crippen molar-refractivity contribution in [2.45, 2.75) is 45.4 Å². The first-order valence-corrected chi connectivity index (χ1v) is 8.36. The number of likely N-dealkylation sites (tertiary alicyclic amines) is 1. The van der Waals surface area contributed by atoms with Gasteiger partial charge >= 0.3 is 6.09 Å². The molecule has 2 aliphatic heterocycles. The van der Waals surface area contributed by atoms with E-state index in [2.05, 4.69) is 35.5 Å². The fraction of sp³-hybridized carbons (Fsp3) is 0.611. The lowest BCUT2D eigenvalue weighted by molar-refractivity contribution is 0.00519. The second-order valence-electron chi connectivity index (χ2n) is 7.60. The molecule has 0 spiro atoms. The van der Waals surface area contributed by atoms with Crippen LogP contribution in [0.15, 0.2) is 18.2 Å². The Morgan fingerprint density at radius 1 is 1.35 bits per heavy atom. The molecule has 1 saturated heterocycles. The lowest BCUT2D eigenvalue weighted by Gasteiger charge is -2.40. The zero-order valence-electron chi connectivity index (χ0n) is 14.6. The molecular formula is C18H27N3O2. The van der Waals surface area contributed by atoms with E-state index in [-0.39, 0.29) is 6.09 Å². The zero-order chi connectivity index (χ0) is 16.6. The van der Waals surface area contributed by atoms with Gasteiger partial charge in [0.15, 0.2) is 0 Å². The van der Waals surface area contributed by atoms with Crippen LogP contribution < -0.4 is 10.2 Å². The number of carbonyl (C=O) groups is 1. The van der Waals surface area contributed by atoms with Crippen LogP contribution in [0, 0.1) is 0 Å². The fourth-order valence-corrected chi connectivity index (χ4v) is 3.08. The minimum absolute atomic E-state index is 0.212. The highest BCUT2D eigenvalue weighted by atomic mass is 16.6. The Labute approximate surface area is 138 Å². The summed E-state index contributed by atoms with van der Waals surface area (Å²) in [7, 11) is 2.14. The van der Waals surface area contributed by atoms with Gasteiger partial charge in [0, 0.05) is 45.0 Å². The number of ether oxygens (including phenoxy) is 1. The second kappa shape index (κ2) is 6.04. The average molecular weight is 317 g/mol. The van der Waals surface area contributed by atoms with Gasteiger partial charge in [-0.3, -0.25) is 0 Å². The quantitative estimate of drug-likeness (QED) is 0.930. The Morgan fingerprint density at radius 3 is 2.78 bits per heavy atom. The molecule has 0 radical (unpaired) electrons. The monoisotopic (exact) mass is 317 g/mol. The Kier molecular flexibility index (Phi) is 4.23. The van der Waals surface area contributed by atoms with E-state index in [1.165, 1.54) is 16.8 Å². The zero-order valence-corrected chi connectivity index (χ0v) is 14.6. The van der Waals surface area contributed by atoms with Crippen molar-refractivity contribution in [2.75, 3.05) is 31.6 Å². The number of nitrogens with one attached hydrogen (secondary N) is 1. The Balaban J connectivity index is 1.44. The maximum absolute atomic E-state index is 11.9. The number of nitrogens with zero attached hydrogens (tertiary/aromatic N) is 2. The van der Waals surface area contributed by atoms with E-state index in [9.17, 15) is 4.79 Å². The molecule has 0 aromatic heterocycles. The van der Waals surface area contributed by atoms with Crippen molar-refractivity contribution in [2.24, 2.45) is 0 Å². The highest BCUT2D eigenvalue weighted by molar-refractivity contribution is 5.69. The number of amides is 1. The van der Waals surface area contributed by atoms with E-state index in [1.807, 2.05) is 20.8 Å². The summed E-state index contributed by atoms with van der Waals surface area (Å²) in [5.41, 5.74) is 3.69. The number of hydrogen-bond donors (Lipinski definition) is 1. The molecule has 0 unspecified atom stereocenters. The van der Waals surface area contributed by atoms with Gasteiger partial charge in [-0.1, -0.05) is 12.1 Å². The van der Waals surface area contributed by atoms with E-state index < -0.39 is 5.60 Å². The molecule has 1 fully saturated rings. The van der Waals surface area contributed by atoms with Gasteiger partial charge in [0.25, 0.3) is 0 Å². The second-order valence-corrected chi connectivity index (χ2v) is 7.60. The summed E-state index contributed by atoms with van der Waals surface area (Å²) in [4.78, 5) is 15.9. The highest BCUT2D eigenvalue weighted by Crippen LogP contribution is 2.27. The van der Waals surface area contributed by atoms with E-state index in [0.717, 1.165) is 32.6 Å². The summed E-state index contributed by atoms with van der Waals surface area (Å²) in [5.74, 6) is 0. The Bertz CT molecular complexity index is 588. The van der Waals surface area contributed by atoms with E-state index in [4.69, 9.17) is 4.74 Å². The van der Waals surface area contributed by atoms with Crippen LogP contribution in [0.4, 0.5) is 10.5 Å². The highest BCUT2D eigenvalue weighted by Gasteiger charge is 2.33. The third-order valence-electron chi connectivity index (χ3n) is 4.40. The first-order chi connectivity index (χ1) is 10.8. The topological polar surface area (TPSA) is 44.8 Å². The predicted molar refractivity (Wildman–Crippen MR) is 91.9 cm³/mol. The summed E-state index contributed by atoms with van der Waals surface area (Å²) in [5, 5.41) is 3.52. The van der Waals surface area contributed by atoms with Crippen molar-refractivity contribution in [3.63, 3.8) is 0 Å². The summed E-state index contributed by atoms with van der Waals surface area (Å²) >= 11 is 0. The predicted octanol–water partition coefficient (Wildman–Crippen LogP) is 2.39. The molecule has 0 aliphatic carbocycles. The van der Waals surface area contributed by atoms with Crippen LogP contribution >= 0.6 is 0 Å². The molecule has 1 amide bonds. The van der Waals surface area contributed by atoms with Gasteiger partial charge in [-0.05, 0) is 44.4 Å². The largest absolute Gasteiger partial charge is 0.444 e. The SMILES string of the molecule is CN1CCc2cc(CNC3CN(C(=O)OC(C)(C)C)C3)ccc21. The fourth-order valence-electron chi connectivity index (χ4n) is 3.08. The molecule has 3 rings (SSSR count). The Hall–Kier alpha value is -1.75. The lowest BCUT2D eigenvalue weighted by atomic mass is 10.1. The molecule has 1 aromatic rings. The van der Waals surface area contributed by atoms with E-state index in [1.54, 1.807) is 4.90 Å². The third-order valence-corrected chi connectivity index (χ3v) is 4.40. The minimum atomic E-state index is -0.423. The molecule has 0 atom stereocenters. The first-order valence-electron chi connectivity index (χ1n) is 8.36. The molecule has 2 heterocycles. The van der Waals surface area contributed by atoms with Crippen molar-refractivity contribution < 1.29 is 9.53 Å². The Morgan fingerprint density at radius 2 is 2.09 bits per heavy atom. The molecule has 126 valence electrons. The first kappa shape index (κ1) is 16.1. The van der Waals surface area contributed by atoms with Crippen molar-refractivity contribution >= 4 is 11.8 Å². The number of carbonyl (C=O) groups excluding carboxylic acids is 1. The molecule has 0 saturated carbocycles. The van der Waals surface area contributed by atoms with Gasteiger partial charge in [-0.25, -0.2) is 4.79 Å². The average Bonchev–Trinajstić information content (AvgIpc) is 2.76. The van der Waals surface area contributed by atoms with Crippen LogP contribution in [0.3, 0.4) is 0 Å². The smallest absolute Gasteiger partial charge is 0.410 e. The maximum Gasteiger partial charge on any atom is 0.410 e. The van der Waals surface area contributed by atoms with Gasteiger partial charge in [0.2, 0.25) is 0 Å². The summed E-state index contributed by atoms with van der Waals surface area (Å²) < 4.78 is 5.37. The van der Waals surface area contributed by atoms with Gasteiger partial charge in [-0.15, -0.1) is 0 Å². The van der Waals surface area contributed by atoms with Crippen LogP contribution in [0.25, 0.3) is 0 Å². The van der Waals surface area contributed by atoms with Crippen LogP contribution in [-0.2, 0) is 17.7 Å². The van der Waals surface area contributed by atoms with Crippen LogP contribution in [0.2, 0.25) is 0 Å². The molecule has 5 heteroatoms. The lowest BCUT2D eigenvalue weighted by Crippen LogP contribution is -2.60. The molecule has 1 N–H and O–H groups in total. The van der Waals surface area contributed by atoms with Crippen LogP contribution in [0.1, 0.15) is 31.9 Å². The molecule has 0 bridgehead atoms. The molecule has 2 aliphatic rings. The van der Waals surface area contributed by atoms with Crippen molar-refractivity contribution in [3.05, 3.63) is 29.3 Å². The number of anilines is 1. The number of hydrogen-bond acceptors (Lipinski definition) is 4. The van der Waals surface area contributed by atoms with E-state index >= 15 is 0 Å². The summed E-state index contributed by atoms with van der Waals surface area (Å²) in [6, 6.07) is 7.07. The van der Waals surface area contributed by atoms with Gasteiger partial charge < -0.3 is 19.9 Å². The molecule has 23 heavy (non-hydrogen) atoms. The van der Waals surface area contributed by atoms with Crippen molar-refractivity contribution in [3.8, 4) is 0 Å². The minimum Gasteiger partial charge on any atom is -0.444 e. The molecule has 1 aromatic carbocycles. The summed E-state index contributed by atoms with van der Waals surface area (Å²) in [6.45, 7) is 9.10. The molecular weight excluding hydrogens is 290 g/mol. The third kappa shape index (κ3) is 3.78. The number of rotatable bonds is 3. The van der Waals surface area contributed by atoms with Gasteiger partial charge in [0.1, 0.15) is 5.60 Å². The summed E-state index contributed by atoms with van der Waals surface area (Å²) in [6.07, 6.45) is 0.923. The van der Waals surface area contributed by atoms with Crippen molar-refractivity contribution in [1.29, 1.82) is 0 Å².